The minimum absolute atomic E-state index is 0.00153. The first kappa shape index (κ1) is 17.7. The summed E-state index contributed by atoms with van der Waals surface area (Å²) in [5.41, 5.74) is 0.572. The second-order valence-corrected chi connectivity index (χ2v) is 6.65. The van der Waals surface area contributed by atoms with E-state index in [2.05, 4.69) is 0 Å². The number of halogens is 1. The van der Waals surface area contributed by atoms with Crippen molar-refractivity contribution in [1.29, 1.82) is 5.26 Å². The number of benzene rings is 1. The van der Waals surface area contributed by atoms with Gasteiger partial charge in [-0.15, -0.1) is 0 Å². The van der Waals surface area contributed by atoms with Crippen LogP contribution in [0.4, 0.5) is 4.39 Å². The van der Waals surface area contributed by atoms with Gasteiger partial charge in [-0.2, -0.15) is 5.26 Å². The number of nitriles is 1. The first-order valence-corrected chi connectivity index (χ1v) is 7.52. The van der Waals surface area contributed by atoms with E-state index < -0.39 is 24.1 Å². The molecule has 0 atom stereocenters. The molecule has 0 amide bonds. The first-order valence-electron chi connectivity index (χ1n) is 7.52. The molecule has 1 saturated heterocycles. The van der Waals surface area contributed by atoms with Gasteiger partial charge < -0.3 is 14.4 Å². The first-order chi connectivity index (χ1) is 10.7. The Hall–Kier alpha value is -1.68. The maximum absolute atomic E-state index is 13.6. The number of rotatable bonds is 4. The van der Waals surface area contributed by atoms with Crippen LogP contribution in [0.1, 0.15) is 38.8 Å². The van der Waals surface area contributed by atoms with Crippen LogP contribution >= 0.6 is 0 Å². The van der Waals surface area contributed by atoms with Crippen molar-refractivity contribution in [3.63, 3.8) is 0 Å². The molecular formula is C17H21BFNO3. The molecule has 0 aromatic heterocycles. The lowest BCUT2D eigenvalue weighted by Crippen LogP contribution is -2.41. The zero-order chi connectivity index (χ0) is 17.3. The highest BCUT2D eigenvalue weighted by molar-refractivity contribution is 6.55. The number of hydrogen-bond donors (Lipinski definition) is 1. The molecule has 122 valence electrons. The summed E-state index contributed by atoms with van der Waals surface area (Å²) in [6.45, 7) is 7.51. The lowest BCUT2D eigenvalue weighted by Gasteiger charge is -2.32. The molecule has 0 spiro atoms. The van der Waals surface area contributed by atoms with Crippen molar-refractivity contribution in [2.75, 3.05) is 6.61 Å². The van der Waals surface area contributed by atoms with Crippen molar-refractivity contribution in [3.05, 3.63) is 40.6 Å². The van der Waals surface area contributed by atoms with E-state index in [4.69, 9.17) is 14.6 Å². The van der Waals surface area contributed by atoms with Crippen LogP contribution in [0.25, 0.3) is 6.08 Å². The molecule has 4 nitrogen and oxygen atoms in total. The fourth-order valence-corrected chi connectivity index (χ4v) is 2.30. The van der Waals surface area contributed by atoms with Crippen LogP contribution in [0, 0.1) is 17.1 Å². The third kappa shape index (κ3) is 3.64. The standard InChI is InChI=1S/C17H21BFNO3/c1-16(2)17(3,4)23-18(22-16)14(11-21)10-12-5-6-15(19)13(9-12)7-8-20/h5-6,9-10,21H,7,11H2,1-4H3. The van der Waals surface area contributed by atoms with E-state index in [1.165, 1.54) is 6.07 Å². The normalized spacial score (nSPS) is 19.7. The van der Waals surface area contributed by atoms with E-state index >= 15 is 0 Å². The molecule has 0 unspecified atom stereocenters. The van der Waals surface area contributed by atoms with Gasteiger partial charge >= 0.3 is 7.12 Å². The molecule has 1 aliphatic heterocycles. The average molecular weight is 317 g/mol. The monoisotopic (exact) mass is 317 g/mol. The van der Waals surface area contributed by atoms with Crippen LogP contribution in [-0.2, 0) is 15.7 Å². The predicted molar refractivity (Wildman–Crippen MR) is 86.9 cm³/mol. The average Bonchev–Trinajstić information content (AvgIpc) is 2.68. The third-order valence-corrected chi connectivity index (χ3v) is 4.43. The lowest BCUT2D eigenvalue weighted by molar-refractivity contribution is 0.00578. The van der Waals surface area contributed by atoms with E-state index in [0.29, 0.717) is 16.6 Å². The minimum atomic E-state index is -0.658. The van der Waals surface area contributed by atoms with Crippen LogP contribution in [0.3, 0.4) is 0 Å². The zero-order valence-electron chi connectivity index (χ0n) is 13.9. The van der Waals surface area contributed by atoms with Crippen molar-refractivity contribution in [3.8, 4) is 6.07 Å². The fourth-order valence-electron chi connectivity index (χ4n) is 2.30. The van der Waals surface area contributed by atoms with Crippen molar-refractivity contribution in [2.24, 2.45) is 0 Å². The van der Waals surface area contributed by atoms with Gasteiger partial charge in [0.25, 0.3) is 0 Å². The van der Waals surface area contributed by atoms with Gasteiger partial charge in [0, 0.05) is 5.56 Å². The topological polar surface area (TPSA) is 62.5 Å². The van der Waals surface area contributed by atoms with Gasteiger partial charge in [0.15, 0.2) is 0 Å². The van der Waals surface area contributed by atoms with Gasteiger partial charge in [0.2, 0.25) is 0 Å². The minimum Gasteiger partial charge on any atom is -0.400 e. The highest BCUT2D eigenvalue weighted by atomic mass is 19.1. The van der Waals surface area contributed by atoms with Crippen LogP contribution in [0.2, 0.25) is 0 Å². The molecule has 6 heteroatoms. The summed E-state index contributed by atoms with van der Waals surface area (Å²) in [5, 5.41) is 18.4. The Labute approximate surface area is 136 Å². The molecule has 1 heterocycles. The largest absolute Gasteiger partial charge is 0.492 e. The second-order valence-electron chi connectivity index (χ2n) is 6.65. The SMILES string of the molecule is CC1(C)OB(C(=Cc2ccc(F)c(CC#N)c2)CO)OC1(C)C. The van der Waals surface area contributed by atoms with Gasteiger partial charge in [-0.05, 0) is 50.9 Å². The highest BCUT2D eigenvalue weighted by Gasteiger charge is 2.52. The van der Waals surface area contributed by atoms with E-state index in [1.54, 1.807) is 18.2 Å². The van der Waals surface area contributed by atoms with Gasteiger partial charge in [-0.25, -0.2) is 4.39 Å². The highest BCUT2D eigenvalue weighted by Crippen LogP contribution is 2.38. The molecule has 1 aliphatic rings. The Morgan fingerprint density at radius 3 is 2.43 bits per heavy atom. The molecular weight excluding hydrogens is 296 g/mol. The third-order valence-electron chi connectivity index (χ3n) is 4.43. The zero-order valence-corrected chi connectivity index (χ0v) is 13.9. The van der Waals surface area contributed by atoms with Gasteiger partial charge in [-0.1, -0.05) is 12.1 Å². The van der Waals surface area contributed by atoms with Gasteiger partial charge in [0.1, 0.15) is 5.82 Å². The van der Waals surface area contributed by atoms with Gasteiger partial charge in [0.05, 0.1) is 30.3 Å². The summed E-state index contributed by atoms with van der Waals surface area (Å²) in [5.74, 6) is -0.412. The predicted octanol–water partition coefficient (Wildman–Crippen LogP) is 2.90. The lowest BCUT2D eigenvalue weighted by atomic mass is 9.77. The summed E-state index contributed by atoms with van der Waals surface area (Å²) < 4.78 is 25.4. The summed E-state index contributed by atoms with van der Waals surface area (Å²) in [6, 6.07) is 6.44. The Balaban J connectivity index is 2.30. The summed E-state index contributed by atoms with van der Waals surface area (Å²) in [6.07, 6.45) is 1.71. The summed E-state index contributed by atoms with van der Waals surface area (Å²) in [7, 11) is -0.658. The fraction of sp³-hybridized carbons (Fsp3) is 0.471. The molecule has 1 aromatic carbocycles. The summed E-state index contributed by atoms with van der Waals surface area (Å²) in [4.78, 5) is 0. The molecule has 0 aliphatic carbocycles. The molecule has 0 saturated carbocycles. The number of nitrogens with zero attached hydrogens (tertiary/aromatic N) is 1. The van der Waals surface area contributed by atoms with Crippen LogP contribution in [-0.4, -0.2) is 30.0 Å². The van der Waals surface area contributed by atoms with Gasteiger partial charge in [-0.3, -0.25) is 0 Å². The smallest absolute Gasteiger partial charge is 0.400 e. The molecule has 0 bridgehead atoms. The Kier molecular flexibility index (Phi) is 4.95. The van der Waals surface area contributed by atoms with Crippen molar-refractivity contribution < 1.29 is 18.8 Å². The van der Waals surface area contributed by atoms with Crippen LogP contribution < -0.4 is 0 Å². The molecule has 2 rings (SSSR count). The second kappa shape index (κ2) is 6.44. The number of aliphatic hydroxyl groups excluding tert-OH is 1. The van der Waals surface area contributed by atoms with E-state index in [1.807, 2.05) is 33.8 Å². The summed E-state index contributed by atoms with van der Waals surface area (Å²) >= 11 is 0. The van der Waals surface area contributed by atoms with Crippen LogP contribution in [0.15, 0.2) is 23.7 Å². The van der Waals surface area contributed by atoms with E-state index in [9.17, 15) is 9.50 Å². The molecule has 1 fully saturated rings. The van der Waals surface area contributed by atoms with Crippen LogP contribution in [0.5, 0.6) is 0 Å². The van der Waals surface area contributed by atoms with Crippen molar-refractivity contribution in [1.82, 2.24) is 0 Å². The molecule has 1 aromatic rings. The van der Waals surface area contributed by atoms with Crippen molar-refractivity contribution in [2.45, 2.75) is 45.3 Å². The molecule has 1 N–H and O–H groups in total. The molecule has 23 heavy (non-hydrogen) atoms. The molecule has 0 radical (unpaired) electrons. The van der Waals surface area contributed by atoms with E-state index in [0.717, 1.165) is 0 Å². The number of aliphatic hydroxyl groups is 1. The van der Waals surface area contributed by atoms with Crippen molar-refractivity contribution >= 4 is 13.2 Å². The van der Waals surface area contributed by atoms with E-state index in [-0.39, 0.29) is 13.0 Å². The Morgan fingerprint density at radius 1 is 1.30 bits per heavy atom. The maximum Gasteiger partial charge on any atom is 0.492 e. The Morgan fingerprint density at radius 2 is 1.91 bits per heavy atom. The Bertz CT molecular complexity index is 648. The maximum atomic E-state index is 13.6. The number of hydrogen-bond acceptors (Lipinski definition) is 4. The quantitative estimate of drug-likeness (QED) is 0.867.